The predicted octanol–water partition coefficient (Wildman–Crippen LogP) is 3.34. The van der Waals surface area contributed by atoms with Crippen LogP contribution in [0.3, 0.4) is 0 Å². The monoisotopic (exact) mass is 364 g/mol. The molecule has 1 aliphatic rings. The largest absolute Gasteiger partial charge is 0.434 e. The molecule has 128 valence electrons. The van der Waals surface area contributed by atoms with Gasteiger partial charge in [0, 0.05) is 31.7 Å². The standard InChI is InChI=1S/C13H16F4N2O.2ClH/c14-12(15)11(19-7-5-18-6-8-19)9-3-1-2-4-10(9)20-13(16)17;;/h1-4,11-13,18H,5-8H2;2*1H/t11-;;/m0../s1. The number of ether oxygens (including phenoxy) is 1. The Balaban J connectivity index is 0.00000220. The summed E-state index contributed by atoms with van der Waals surface area (Å²) in [5.74, 6) is -0.189. The molecule has 3 nitrogen and oxygen atoms in total. The number of nitrogens with one attached hydrogen (secondary N) is 1. The molecular weight excluding hydrogens is 347 g/mol. The molecule has 22 heavy (non-hydrogen) atoms. The van der Waals surface area contributed by atoms with Gasteiger partial charge in [0.1, 0.15) is 5.75 Å². The molecule has 1 saturated heterocycles. The van der Waals surface area contributed by atoms with Crippen molar-refractivity contribution in [1.82, 2.24) is 10.2 Å². The Bertz CT molecular complexity index is 434. The Kier molecular flexibility index (Phi) is 9.75. The van der Waals surface area contributed by atoms with E-state index in [2.05, 4.69) is 10.1 Å². The molecule has 0 aliphatic carbocycles. The number of piperazine rings is 1. The molecule has 9 heteroatoms. The highest BCUT2D eigenvalue weighted by Gasteiger charge is 2.32. The molecule has 0 aromatic heterocycles. The number of alkyl halides is 4. The Morgan fingerprint density at radius 1 is 1.00 bits per heavy atom. The van der Waals surface area contributed by atoms with Crippen LogP contribution < -0.4 is 10.1 Å². The second-order valence-corrected chi connectivity index (χ2v) is 4.48. The van der Waals surface area contributed by atoms with Crippen molar-refractivity contribution in [3.05, 3.63) is 29.8 Å². The van der Waals surface area contributed by atoms with E-state index in [-0.39, 0.29) is 36.1 Å². The second-order valence-electron chi connectivity index (χ2n) is 4.48. The molecule has 0 unspecified atom stereocenters. The van der Waals surface area contributed by atoms with Gasteiger partial charge in [0.05, 0.1) is 6.04 Å². The minimum Gasteiger partial charge on any atom is -0.434 e. The fourth-order valence-corrected chi connectivity index (χ4v) is 2.38. The zero-order valence-electron chi connectivity index (χ0n) is 11.6. The maximum Gasteiger partial charge on any atom is 0.387 e. The molecule has 0 saturated carbocycles. The van der Waals surface area contributed by atoms with Crippen LogP contribution in [0.15, 0.2) is 24.3 Å². The van der Waals surface area contributed by atoms with Crippen LogP contribution in [0.1, 0.15) is 11.6 Å². The third-order valence-corrected chi connectivity index (χ3v) is 3.24. The normalized spacial score (nSPS) is 16.8. The van der Waals surface area contributed by atoms with Crippen LogP contribution in [0.25, 0.3) is 0 Å². The van der Waals surface area contributed by atoms with Crippen molar-refractivity contribution in [3.63, 3.8) is 0 Å². The zero-order chi connectivity index (χ0) is 14.5. The van der Waals surface area contributed by atoms with Crippen molar-refractivity contribution in [1.29, 1.82) is 0 Å². The molecule has 1 aromatic carbocycles. The van der Waals surface area contributed by atoms with Gasteiger partial charge < -0.3 is 10.1 Å². The molecule has 1 aliphatic heterocycles. The first-order valence-electron chi connectivity index (χ1n) is 6.36. The third-order valence-electron chi connectivity index (χ3n) is 3.24. The van der Waals surface area contributed by atoms with Crippen LogP contribution in [0.5, 0.6) is 5.75 Å². The minimum atomic E-state index is -3.03. The van der Waals surface area contributed by atoms with Gasteiger partial charge >= 0.3 is 6.61 Å². The van der Waals surface area contributed by atoms with Crippen molar-refractivity contribution in [3.8, 4) is 5.75 Å². The lowest BCUT2D eigenvalue weighted by Crippen LogP contribution is -2.47. The smallest absolute Gasteiger partial charge is 0.387 e. The third kappa shape index (κ3) is 5.46. The number of rotatable bonds is 5. The Labute approximate surface area is 138 Å². The Hall–Kier alpha value is -0.760. The van der Waals surface area contributed by atoms with E-state index in [0.29, 0.717) is 26.2 Å². The van der Waals surface area contributed by atoms with E-state index in [1.807, 2.05) is 0 Å². The summed E-state index contributed by atoms with van der Waals surface area (Å²) in [6.45, 7) is -0.949. The highest BCUT2D eigenvalue weighted by Crippen LogP contribution is 2.34. The Morgan fingerprint density at radius 2 is 1.59 bits per heavy atom. The maximum absolute atomic E-state index is 13.4. The van der Waals surface area contributed by atoms with Gasteiger partial charge in [-0.1, -0.05) is 18.2 Å². The van der Waals surface area contributed by atoms with Crippen molar-refractivity contribution in [2.24, 2.45) is 0 Å². The summed E-state index contributed by atoms with van der Waals surface area (Å²) in [6.07, 6.45) is -2.67. The van der Waals surface area contributed by atoms with E-state index < -0.39 is 19.1 Å². The van der Waals surface area contributed by atoms with Crippen LogP contribution in [-0.2, 0) is 0 Å². The van der Waals surface area contributed by atoms with Gasteiger partial charge in [0.15, 0.2) is 0 Å². The Morgan fingerprint density at radius 3 is 2.14 bits per heavy atom. The summed E-state index contributed by atoms with van der Waals surface area (Å²) in [4.78, 5) is 1.59. The molecule has 0 spiro atoms. The fourth-order valence-electron chi connectivity index (χ4n) is 2.38. The number of benzene rings is 1. The SMILES string of the molecule is Cl.Cl.FC(F)Oc1ccccc1[C@@H](C(F)F)N1CCNCC1. The average molecular weight is 365 g/mol. The lowest BCUT2D eigenvalue weighted by Gasteiger charge is -2.35. The molecule has 2 rings (SSSR count). The predicted molar refractivity (Wildman–Crippen MR) is 80.8 cm³/mol. The van der Waals surface area contributed by atoms with E-state index >= 15 is 0 Å². The van der Waals surface area contributed by atoms with Crippen LogP contribution in [0.4, 0.5) is 17.6 Å². The summed E-state index contributed by atoms with van der Waals surface area (Å²) in [7, 11) is 0. The number of nitrogens with zero attached hydrogens (tertiary/aromatic N) is 1. The van der Waals surface area contributed by atoms with Gasteiger partial charge in [-0.25, -0.2) is 8.78 Å². The highest BCUT2D eigenvalue weighted by molar-refractivity contribution is 5.85. The summed E-state index contributed by atoms with van der Waals surface area (Å²) in [5, 5.41) is 3.07. The van der Waals surface area contributed by atoms with Crippen LogP contribution >= 0.6 is 24.8 Å². The van der Waals surface area contributed by atoms with Crippen LogP contribution in [-0.4, -0.2) is 44.1 Å². The van der Waals surface area contributed by atoms with Gasteiger partial charge in [0.2, 0.25) is 0 Å². The summed E-state index contributed by atoms with van der Waals surface area (Å²) in [6, 6.07) is 4.51. The molecule has 0 bridgehead atoms. The van der Waals surface area contributed by atoms with E-state index in [9.17, 15) is 17.6 Å². The highest BCUT2D eigenvalue weighted by atomic mass is 35.5. The minimum absolute atomic E-state index is 0. The van der Waals surface area contributed by atoms with E-state index in [1.165, 1.54) is 18.2 Å². The van der Waals surface area contributed by atoms with Crippen molar-refractivity contribution >= 4 is 24.8 Å². The molecule has 1 heterocycles. The first-order chi connectivity index (χ1) is 9.59. The topological polar surface area (TPSA) is 24.5 Å². The van der Waals surface area contributed by atoms with Gasteiger partial charge in [-0.05, 0) is 6.07 Å². The number of para-hydroxylation sites is 1. The van der Waals surface area contributed by atoms with Gasteiger partial charge in [-0.15, -0.1) is 24.8 Å². The first kappa shape index (κ1) is 21.2. The van der Waals surface area contributed by atoms with Crippen molar-refractivity contribution in [2.75, 3.05) is 26.2 Å². The van der Waals surface area contributed by atoms with E-state index in [4.69, 9.17) is 0 Å². The average Bonchev–Trinajstić information content (AvgIpc) is 2.41. The second kappa shape index (κ2) is 10.1. The molecule has 0 radical (unpaired) electrons. The van der Waals surface area contributed by atoms with Crippen molar-refractivity contribution < 1.29 is 22.3 Å². The van der Waals surface area contributed by atoms with Gasteiger partial charge in [-0.3, -0.25) is 4.90 Å². The van der Waals surface area contributed by atoms with E-state index in [1.54, 1.807) is 11.0 Å². The molecule has 1 fully saturated rings. The quantitative estimate of drug-likeness (QED) is 0.811. The molecule has 1 aromatic rings. The number of hydrogen-bond donors (Lipinski definition) is 1. The van der Waals surface area contributed by atoms with Gasteiger partial charge in [0.25, 0.3) is 6.43 Å². The lowest BCUT2D eigenvalue weighted by molar-refractivity contribution is -0.0534. The number of hydrogen-bond acceptors (Lipinski definition) is 3. The maximum atomic E-state index is 13.4. The zero-order valence-corrected chi connectivity index (χ0v) is 13.2. The van der Waals surface area contributed by atoms with Crippen LogP contribution in [0.2, 0.25) is 0 Å². The first-order valence-corrected chi connectivity index (χ1v) is 6.36. The number of halogens is 6. The molecular formula is C13H18Cl2F4N2O. The van der Waals surface area contributed by atoms with Gasteiger partial charge in [-0.2, -0.15) is 8.78 Å². The molecule has 1 N–H and O–H groups in total. The summed E-state index contributed by atoms with van der Waals surface area (Å²) < 4.78 is 55.9. The molecule has 0 amide bonds. The fraction of sp³-hybridized carbons (Fsp3) is 0.538. The lowest BCUT2D eigenvalue weighted by atomic mass is 10.0. The van der Waals surface area contributed by atoms with Crippen LogP contribution in [0, 0.1) is 0 Å². The molecule has 1 atom stereocenters. The summed E-state index contributed by atoms with van der Waals surface area (Å²) in [5.41, 5.74) is 0.102. The van der Waals surface area contributed by atoms with E-state index in [0.717, 1.165) is 0 Å². The van der Waals surface area contributed by atoms with Crippen molar-refractivity contribution in [2.45, 2.75) is 19.1 Å². The summed E-state index contributed by atoms with van der Waals surface area (Å²) >= 11 is 0.